The lowest BCUT2D eigenvalue weighted by atomic mass is 10.2. The molecule has 1 N–H and O–H groups in total. The number of ether oxygens (including phenoxy) is 1. The van der Waals surface area contributed by atoms with Crippen LogP contribution in [-0.4, -0.2) is 31.0 Å². The summed E-state index contributed by atoms with van der Waals surface area (Å²) < 4.78 is 36.7. The SMILES string of the molecule is CC(=O)OC1CCn2c1nc1cc(NC(=O)c3cc4cc(F)ccc4n3Cc3cccc(F)c3)cnc12. The van der Waals surface area contributed by atoms with Crippen molar-refractivity contribution in [1.29, 1.82) is 0 Å². The van der Waals surface area contributed by atoms with E-state index in [9.17, 15) is 18.4 Å². The molecule has 2 aromatic carbocycles. The Kier molecular flexibility index (Phi) is 5.44. The maximum absolute atomic E-state index is 13.9. The molecule has 10 heteroatoms. The number of anilines is 1. The topological polar surface area (TPSA) is 91.0 Å². The van der Waals surface area contributed by atoms with Crippen LogP contribution in [-0.2, 0) is 22.6 Å². The van der Waals surface area contributed by atoms with Crippen molar-refractivity contribution in [2.45, 2.75) is 32.5 Å². The van der Waals surface area contributed by atoms with E-state index in [1.807, 2.05) is 4.57 Å². The number of halogens is 2. The molecule has 6 rings (SSSR count). The Morgan fingerprint density at radius 3 is 2.76 bits per heavy atom. The van der Waals surface area contributed by atoms with Crippen LogP contribution in [0.5, 0.6) is 0 Å². The van der Waals surface area contributed by atoms with Gasteiger partial charge in [0.05, 0.1) is 11.9 Å². The van der Waals surface area contributed by atoms with Gasteiger partial charge in [0.25, 0.3) is 5.91 Å². The molecular weight excluding hydrogens is 480 g/mol. The monoisotopic (exact) mass is 501 g/mol. The number of benzene rings is 2. The van der Waals surface area contributed by atoms with Crippen molar-refractivity contribution in [3.8, 4) is 0 Å². The Bertz CT molecular complexity index is 1710. The van der Waals surface area contributed by atoms with E-state index in [0.29, 0.717) is 52.1 Å². The molecule has 1 aliphatic heterocycles. The Hall–Kier alpha value is -4.60. The molecule has 0 saturated heterocycles. The third-order valence-electron chi connectivity index (χ3n) is 6.41. The summed E-state index contributed by atoms with van der Waals surface area (Å²) in [6, 6.07) is 13.7. The first-order chi connectivity index (χ1) is 17.9. The second kappa shape index (κ2) is 8.81. The van der Waals surface area contributed by atoms with Gasteiger partial charge in [-0.1, -0.05) is 12.1 Å². The Balaban J connectivity index is 1.33. The lowest BCUT2D eigenvalue weighted by Gasteiger charge is -2.12. The van der Waals surface area contributed by atoms with E-state index < -0.39 is 17.8 Å². The maximum atomic E-state index is 13.9. The van der Waals surface area contributed by atoms with Gasteiger partial charge in [-0.25, -0.2) is 18.7 Å². The van der Waals surface area contributed by atoms with E-state index >= 15 is 0 Å². The molecule has 1 amide bonds. The summed E-state index contributed by atoms with van der Waals surface area (Å²) in [4.78, 5) is 33.9. The van der Waals surface area contributed by atoms with Gasteiger partial charge >= 0.3 is 5.97 Å². The largest absolute Gasteiger partial charge is 0.454 e. The minimum atomic E-state index is -0.432. The van der Waals surface area contributed by atoms with Crippen LogP contribution in [0, 0.1) is 11.6 Å². The highest BCUT2D eigenvalue weighted by Crippen LogP contribution is 2.32. The zero-order valence-electron chi connectivity index (χ0n) is 19.7. The van der Waals surface area contributed by atoms with Gasteiger partial charge < -0.3 is 19.2 Å². The quantitative estimate of drug-likeness (QED) is 0.343. The Morgan fingerprint density at radius 1 is 1.11 bits per heavy atom. The molecule has 1 aliphatic rings. The van der Waals surface area contributed by atoms with E-state index in [-0.39, 0.29) is 24.0 Å². The molecule has 0 fully saturated rings. The van der Waals surface area contributed by atoms with Gasteiger partial charge in [-0.3, -0.25) is 9.59 Å². The molecule has 5 aromatic rings. The first-order valence-corrected chi connectivity index (χ1v) is 11.7. The third kappa shape index (κ3) is 4.20. The normalized spacial score (nSPS) is 14.7. The minimum Gasteiger partial charge on any atom is -0.454 e. The number of carbonyl (C=O) groups is 2. The number of nitrogens with zero attached hydrogens (tertiary/aromatic N) is 4. The maximum Gasteiger partial charge on any atom is 0.303 e. The molecule has 186 valence electrons. The number of rotatable bonds is 5. The lowest BCUT2D eigenvalue weighted by Crippen LogP contribution is -2.17. The number of amides is 1. The fourth-order valence-corrected chi connectivity index (χ4v) is 4.86. The number of aromatic nitrogens is 4. The molecule has 1 atom stereocenters. The van der Waals surface area contributed by atoms with Gasteiger partial charge in [-0.05, 0) is 48.0 Å². The highest BCUT2D eigenvalue weighted by Gasteiger charge is 2.29. The molecule has 0 radical (unpaired) electrons. The molecule has 3 aromatic heterocycles. The van der Waals surface area contributed by atoms with Gasteiger partial charge in [0, 0.05) is 37.3 Å². The van der Waals surface area contributed by atoms with Gasteiger partial charge in [-0.15, -0.1) is 0 Å². The van der Waals surface area contributed by atoms with Crippen LogP contribution in [0.25, 0.3) is 22.1 Å². The number of aryl methyl sites for hydroxylation is 1. The molecule has 8 nitrogen and oxygen atoms in total. The average molecular weight is 501 g/mol. The zero-order chi connectivity index (χ0) is 25.7. The van der Waals surface area contributed by atoms with E-state index in [0.717, 1.165) is 0 Å². The van der Waals surface area contributed by atoms with Crippen molar-refractivity contribution >= 4 is 39.6 Å². The summed E-state index contributed by atoms with van der Waals surface area (Å²) >= 11 is 0. The summed E-state index contributed by atoms with van der Waals surface area (Å²) in [7, 11) is 0. The Labute approximate surface area is 209 Å². The Morgan fingerprint density at radius 2 is 1.95 bits per heavy atom. The molecule has 37 heavy (non-hydrogen) atoms. The van der Waals surface area contributed by atoms with Crippen LogP contribution in [0.4, 0.5) is 14.5 Å². The van der Waals surface area contributed by atoms with E-state index in [2.05, 4.69) is 15.3 Å². The van der Waals surface area contributed by atoms with Crippen molar-refractivity contribution in [3.05, 3.63) is 89.5 Å². The second-order valence-corrected chi connectivity index (χ2v) is 8.98. The van der Waals surface area contributed by atoms with Crippen LogP contribution >= 0.6 is 0 Å². The zero-order valence-corrected chi connectivity index (χ0v) is 19.7. The van der Waals surface area contributed by atoms with Gasteiger partial charge in [0.15, 0.2) is 17.6 Å². The summed E-state index contributed by atoms with van der Waals surface area (Å²) in [5.41, 5.74) is 3.21. The molecule has 0 bridgehead atoms. The van der Waals surface area contributed by atoms with Crippen molar-refractivity contribution in [1.82, 2.24) is 19.1 Å². The lowest BCUT2D eigenvalue weighted by molar-refractivity contribution is -0.146. The van der Waals surface area contributed by atoms with Crippen LogP contribution < -0.4 is 5.32 Å². The predicted octanol–water partition coefficient (Wildman–Crippen LogP) is 4.97. The number of hydrogen-bond acceptors (Lipinski definition) is 5. The fourth-order valence-electron chi connectivity index (χ4n) is 4.86. The summed E-state index contributed by atoms with van der Waals surface area (Å²) in [6.45, 7) is 2.20. The number of imidazole rings is 1. The van der Waals surface area contributed by atoms with Crippen molar-refractivity contribution in [3.63, 3.8) is 0 Å². The number of hydrogen-bond donors (Lipinski definition) is 1. The van der Waals surface area contributed by atoms with E-state index in [1.165, 1.54) is 37.4 Å². The number of nitrogens with one attached hydrogen (secondary N) is 1. The van der Waals surface area contributed by atoms with Gasteiger partial charge in [0.2, 0.25) is 0 Å². The molecule has 0 aliphatic carbocycles. The van der Waals surface area contributed by atoms with Crippen LogP contribution in [0.2, 0.25) is 0 Å². The smallest absolute Gasteiger partial charge is 0.303 e. The van der Waals surface area contributed by atoms with Crippen molar-refractivity contribution < 1.29 is 23.1 Å². The number of fused-ring (bicyclic) bond motifs is 4. The third-order valence-corrected chi connectivity index (χ3v) is 6.41. The van der Waals surface area contributed by atoms with Gasteiger partial charge in [0.1, 0.15) is 22.8 Å². The van der Waals surface area contributed by atoms with Crippen LogP contribution in [0.1, 0.15) is 41.3 Å². The predicted molar refractivity (Wildman–Crippen MR) is 132 cm³/mol. The van der Waals surface area contributed by atoms with E-state index in [4.69, 9.17) is 4.74 Å². The van der Waals surface area contributed by atoms with Crippen molar-refractivity contribution in [2.75, 3.05) is 5.32 Å². The van der Waals surface area contributed by atoms with Crippen LogP contribution in [0.3, 0.4) is 0 Å². The number of carbonyl (C=O) groups excluding carboxylic acids is 2. The number of esters is 1. The molecule has 0 spiro atoms. The standard InChI is InChI=1S/C27H21F2N5O3/c1-15(35)37-24-7-8-33-25-21(32-26(24)33)12-20(13-30-25)31-27(36)23-11-17-10-19(29)5-6-22(17)34(23)14-16-3-2-4-18(28)9-16/h2-6,9-13,24H,7-8,14H2,1H3,(H,31,36). The summed E-state index contributed by atoms with van der Waals surface area (Å²) in [6.07, 6.45) is 1.74. The van der Waals surface area contributed by atoms with E-state index in [1.54, 1.807) is 34.9 Å². The first kappa shape index (κ1) is 22.8. The molecular formula is C27H21F2N5O3. The molecule has 0 saturated carbocycles. The minimum absolute atomic E-state index is 0.220. The molecule has 1 unspecified atom stereocenters. The average Bonchev–Trinajstić information content (AvgIpc) is 3.51. The highest BCUT2D eigenvalue weighted by atomic mass is 19.1. The van der Waals surface area contributed by atoms with Crippen LogP contribution in [0.15, 0.2) is 60.8 Å². The second-order valence-electron chi connectivity index (χ2n) is 8.98. The first-order valence-electron chi connectivity index (χ1n) is 11.7. The summed E-state index contributed by atoms with van der Waals surface area (Å²) in [5, 5.41) is 3.40. The summed E-state index contributed by atoms with van der Waals surface area (Å²) in [5.74, 6) is -0.984. The fraction of sp³-hybridized carbons (Fsp3) is 0.185. The molecule has 4 heterocycles. The van der Waals surface area contributed by atoms with Crippen molar-refractivity contribution in [2.24, 2.45) is 0 Å². The van der Waals surface area contributed by atoms with Gasteiger partial charge in [-0.2, -0.15) is 0 Å². The highest BCUT2D eigenvalue weighted by molar-refractivity contribution is 6.06. The number of pyridine rings is 1.